The first-order valence-corrected chi connectivity index (χ1v) is 7.41. The van der Waals surface area contributed by atoms with Gasteiger partial charge in [0.05, 0.1) is 6.10 Å². The zero-order valence-corrected chi connectivity index (χ0v) is 11.4. The van der Waals surface area contributed by atoms with Gasteiger partial charge >= 0.3 is 0 Å². The molecule has 0 unspecified atom stereocenters. The molecule has 3 rings (SSSR count). The summed E-state index contributed by atoms with van der Waals surface area (Å²) >= 11 is 0. The van der Waals surface area contributed by atoms with Crippen molar-refractivity contribution < 1.29 is 5.11 Å². The Morgan fingerprint density at radius 2 is 1.74 bits per heavy atom. The van der Waals surface area contributed by atoms with Crippen LogP contribution in [-0.2, 0) is 0 Å². The maximum absolute atomic E-state index is 9.58. The van der Waals surface area contributed by atoms with Crippen LogP contribution < -0.4 is 4.90 Å². The van der Waals surface area contributed by atoms with Crippen molar-refractivity contribution in [3.05, 3.63) is 24.4 Å². The quantitative estimate of drug-likeness (QED) is 0.876. The Labute approximate surface area is 115 Å². The van der Waals surface area contributed by atoms with E-state index in [0.29, 0.717) is 6.04 Å². The van der Waals surface area contributed by atoms with Crippen LogP contribution in [0.15, 0.2) is 24.4 Å². The van der Waals surface area contributed by atoms with Crippen molar-refractivity contribution in [2.45, 2.75) is 37.8 Å². The predicted octanol–water partition coefficient (Wildman–Crippen LogP) is 1.51. The number of piperazine rings is 1. The Morgan fingerprint density at radius 3 is 2.37 bits per heavy atom. The maximum atomic E-state index is 9.58. The fourth-order valence-electron chi connectivity index (χ4n) is 3.28. The van der Waals surface area contributed by atoms with Gasteiger partial charge in [0, 0.05) is 38.4 Å². The van der Waals surface area contributed by atoms with Crippen LogP contribution in [0.2, 0.25) is 0 Å². The number of aliphatic hydroxyl groups excluding tert-OH is 1. The summed E-state index contributed by atoms with van der Waals surface area (Å²) in [4.78, 5) is 9.40. The second-order valence-electron chi connectivity index (χ2n) is 5.67. The highest BCUT2D eigenvalue weighted by Gasteiger charge is 2.27. The molecule has 1 saturated carbocycles. The first kappa shape index (κ1) is 12.9. The van der Waals surface area contributed by atoms with Gasteiger partial charge in [0.15, 0.2) is 0 Å². The van der Waals surface area contributed by atoms with Crippen LogP contribution in [0.3, 0.4) is 0 Å². The number of rotatable bonds is 2. The number of aliphatic hydroxyl groups is 1. The average molecular weight is 261 g/mol. The standard InChI is InChI=1S/C15H23N3O/c19-14-6-4-13(5-7-14)17-9-11-18(12-10-17)15-3-1-2-8-16-15/h1-3,8,13-14,19H,4-7,9-12H2. The van der Waals surface area contributed by atoms with E-state index in [1.54, 1.807) is 0 Å². The van der Waals surface area contributed by atoms with Gasteiger partial charge in [-0.3, -0.25) is 4.90 Å². The van der Waals surface area contributed by atoms with E-state index in [2.05, 4.69) is 26.9 Å². The number of pyridine rings is 1. The van der Waals surface area contributed by atoms with E-state index in [-0.39, 0.29) is 6.10 Å². The summed E-state index contributed by atoms with van der Waals surface area (Å²) in [6, 6.07) is 6.80. The van der Waals surface area contributed by atoms with E-state index < -0.39 is 0 Å². The predicted molar refractivity (Wildman–Crippen MR) is 76.3 cm³/mol. The van der Waals surface area contributed by atoms with E-state index in [1.807, 2.05) is 12.3 Å². The molecule has 0 atom stereocenters. The molecule has 0 spiro atoms. The SMILES string of the molecule is OC1CCC(N2CCN(c3ccccn3)CC2)CC1. The second kappa shape index (κ2) is 5.88. The molecule has 0 bridgehead atoms. The smallest absolute Gasteiger partial charge is 0.128 e. The summed E-state index contributed by atoms with van der Waals surface area (Å²) in [6.07, 6.45) is 6.08. The summed E-state index contributed by atoms with van der Waals surface area (Å²) in [5, 5.41) is 9.58. The summed E-state index contributed by atoms with van der Waals surface area (Å²) < 4.78 is 0. The minimum Gasteiger partial charge on any atom is -0.393 e. The number of nitrogens with zero attached hydrogens (tertiary/aromatic N) is 3. The molecular formula is C15H23N3O. The summed E-state index contributed by atoms with van der Waals surface area (Å²) in [5.41, 5.74) is 0. The molecule has 4 nitrogen and oxygen atoms in total. The molecule has 2 fully saturated rings. The molecular weight excluding hydrogens is 238 g/mol. The molecule has 1 aromatic heterocycles. The van der Waals surface area contributed by atoms with Crippen LogP contribution in [0, 0.1) is 0 Å². The molecule has 1 aliphatic heterocycles. The van der Waals surface area contributed by atoms with Gasteiger partial charge in [0.25, 0.3) is 0 Å². The molecule has 0 radical (unpaired) electrons. The van der Waals surface area contributed by atoms with Crippen LogP contribution in [0.1, 0.15) is 25.7 Å². The third kappa shape index (κ3) is 3.07. The molecule has 0 aromatic carbocycles. The summed E-state index contributed by atoms with van der Waals surface area (Å²) in [6.45, 7) is 4.38. The fraction of sp³-hybridized carbons (Fsp3) is 0.667. The molecule has 4 heteroatoms. The summed E-state index contributed by atoms with van der Waals surface area (Å²) in [5.74, 6) is 1.10. The normalized spacial score (nSPS) is 29.4. The topological polar surface area (TPSA) is 39.6 Å². The van der Waals surface area contributed by atoms with Crippen LogP contribution in [0.25, 0.3) is 0 Å². The van der Waals surface area contributed by atoms with E-state index >= 15 is 0 Å². The van der Waals surface area contributed by atoms with Crippen molar-refractivity contribution >= 4 is 5.82 Å². The zero-order valence-electron chi connectivity index (χ0n) is 11.4. The van der Waals surface area contributed by atoms with E-state index in [9.17, 15) is 5.11 Å². The Hall–Kier alpha value is -1.13. The van der Waals surface area contributed by atoms with Gasteiger partial charge in [-0.25, -0.2) is 4.98 Å². The highest BCUT2D eigenvalue weighted by Crippen LogP contribution is 2.24. The van der Waals surface area contributed by atoms with Crippen molar-refractivity contribution in [1.82, 2.24) is 9.88 Å². The third-order valence-electron chi connectivity index (χ3n) is 4.47. The number of anilines is 1. The van der Waals surface area contributed by atoms with E-state index in [1.165, 1.54) is 0 Å². The maximum Gasteiger partial charge on any atom is 0.128 e. The zero-order chi connectivity index (χ0) is 13.1. The molecule has 19 heavy (non-hydrogen) atoms. The lowest BCUT2D eigenvalue weighted by atomic mass is 9.91. The van der Waals surface area contributed by atoms with Gasteiger partial charge in [-0.05, 0) is 37.8 Å². The monoisotopic (exact) mass is 261 g/mol. The molecule has 2 heterocycles. The molecule has 104 valence electrons. The number of aromatic nitrogens is 1. The van der Waals surface area contributed by atoms with Gasteiger partial charge in [0.2, 0.25) is 0 Å². The van der Waals surface area contributed by atoms with E-state index in [0.717, 1.165) is 57.7 Å². The Bertz CT molecular complexity index is 382. The largest absolute Gasteiger partial charge is 0.393 e. The van der Waals surface area contributed by atoms with Crippen LogP contribution in [0.5, 0.6) is 0 Å². The lowest BCUT2D eigenvalue weighted by molar-refractivity contribution is 0.0711. The van der Waals surface area contributed by atoms with Gasteiger partial charge in [0.1, 0.15) is 5.82 Å². The Morgan fingerprint density at radius 1 is 1.00 bits per heavy atom. The molecule has 1 aliphatic carbocycles. The van der Waals surface area contributed by atoms with Crippen molar-refractivity contribution in [3.8, 4) is 0 Å². The van der Waals surface area contributed by atoms with Crippen molar-refractivity contribution in [1.29, 1.82) is 0 Å². The molecule has 1 aromatic rings. The molecule has 2 aliphatic rings. The minimum absolute atomic E-state index is 0.0499. The van der Waals surface area contributed by atoms with Gasteiger partial charge in [-0.15, -0.1) is 0 Å². The van der Waals surface area contributed by atoms with Crippen molar-refractivity contribution in [2.24, 2.45) is 0 Å². The molecule has 0 amide bonds. The van der Waals surface area contributed by atoms with Crippen LogP contribution in [-0.4, -0.2) is 53.3 Å². The summed E-state index contributed by atoms with van der Waals surface area (Å²) in [7, 11) is 0. The van der Waals surface area contributed by atoms with Crippen molar-refractivity contribution in [2.75, 3.05) is 31.1 Å². The van der Waals surface area contributed by atoms with Gasteiger partial charge in [-0.1, -0.05) is 6.07 Å². The number of hydrogen-bond acceptors (Lipinski definition) is 4. The Balaban J connectivity index is 1.52. The lowest BCUT2D eigenvalue weighted by Gasteiger charge is -2.41. The van der Waals surface area contributed by atoms with Crippen LogP contribution in [0.4, 0.5) is 5.82 Å². The molecule has 1 saturated heterocycles. The first-order chi connectivity index (χ1) is 9.33. The average Bonchev–Trinajstić information content (AvgIpc) is 2.49. The van der Waals surface area contributed by atoms with Gasteiger partial charge < -0.3 is 10.0 Å². The number of hydrogen-bond donors (Lipinski definition) is 1. The first-order valence-electron chi connectivity index (χ1n) is 7.41. The van der Waals surface area contributed by atoms with E-state index in [4.69, 9.17) is 0 Å². The van der Waals surface area contributed by atoms with Crippen LogP contribution >= 0.6 is 0 Å². The van der Waals surface area contributed by atoms with Gasteiger partial charge in [-0.2, -0.15) is 0 Å². The fourth-order valence-corrected chi connectivity index (χ4v) is 3.28. The third-order valence-corrected chi connectivity index (χ3v) is 4.47. The van der Waals surface area contributed by atoms with Crippen molar-refractivity contribution in [3.63, 3.8) is 0 Å². The highest BCUT2D eigenvalue weighted by molar-refractivity contribution is 5.38. The lowest BCUT2D eigenvalue weighted by Crippen LogP contribution is -2.51. The minimum atomic E-state index is -0.0499. The second-order valence-corrected chi connectivity index (χ2v) is 5.67. The Kier molecular flexibility index (Phi) is 3.99. The molecule has 1 N–H and O–H groups in total. The highest BCUT2D eigenvalue weighted by atomic mass is 16.3.